The summed E-state index contributed by atoms with van der Waals surface area (Å²) in [7, 11) is 3.22. The van der Waals surface area contributed by atoms with Crippen molar-refractivity contribution in [3.05, 3.63) is 52.6 Å². The van der Waals surface area contributed by atoms with Gasteiger partial charge in [0.05, 0.1) is 20.6 Å². The summed E-state index contributed by atoms with van der Waals surface area (Å²) in [4.78, 5) is 12.1. The van der Waals surface area contributed by atoms with Gasteiger partial charge in [0, 0.05) is 11.5 Å². The third-order valence-corrected chi connectivity index (χ3v) is 4.48. The molecule has 0 radical (unpaired) electrons. The molecule has 0 spiro atoms. The van der Waals surface area contributed by atoms with Gasteiger partial charge in [-0.2, -0.15) is 0 Å². The van der Waals surface area contributed by atoms with Crippen molar-refractivity contribution >= 4 is 5.97 Å². The molecule has 1 aliphatic rings. The first-order valence-corrected chi connectivity index (χ1v) is 7.57. The highest BCUT2D eigenvalue weighted by molar-refractivity contribution is 5.78. The van der Waals surface area contributed by atoms with Crippen LogP contribution in [0.3, 0.4) is 0 Å². The maximum Gasteiger partial charge on any atom is 0.312 e. The van der Waals surface area contributed by atoms with Crippen molar-refractivity contribution in [3.63, 3.8) is 0 Å². The minimum Gasteiger partial charge on any atom is -0.493 e. The fourth-order valence-electron chi connectivity index (χ4n) is 3.02. The fraction of sp³-hybridized carbons (Fsp3) is 0.316. The molecule has 0 amide bonds. The van der Waals surface area contributed by atoms with Crippen molar-refractivity contribution in [2.45, 2.75) is 26.2 Å². The third-order valence-electron chi connectivity index (χ3n) is 4.48. The predicted molar refractivity (Wildman–Crippen MR) is 87.6 cm³/mol. The number of hydrogen-bond donors (Lipinski definition) is 0. The maximum absolute atomic E-state index is 12.1. The van der Waals surface area contributed by atoms with Gasteiger partial charge in [0.2, 0.25) is 0 Å². The summed E-state index contributed by atoms with van der Waals surface area (Å²) in [5.41, 5.74) is 4.19. The summed E-state index contributed by atoms with van der Waals surface area (Å²) < 4.78 is 16.2. The Bertz CT molecular complexity index is 764. The predicted octanol–water partition coefficient (Wildman–Crippen LogP) is 3.76. The molecule has 3 rings (SSSR count). The molecule has 120 valence electrons. The van der Waals surface area contributed by atoms with Crippen LogP contribution in [0.5, 0.6) is 17.2 Å². The highest BCUT2D eigenvalue weighted by atomic mass is 16.5. The van der Waals surface area contributed by atoms with Crippen LogP contribution < -0.4 is 14.2 Å². The Labute approximate surface area is 136 Å². The van der Waals surface area contributed by atoms with Gasteiger partial charge in [-0.15, -0.1) is 0 Å². The van der Waals surface area contributed by atoms with E-state index in [1.165, 1.54) is 0 Å². The topological polar surface area (TPSA) is 44.8 Å². The van der Waals surface area contributed by atoms with Crippen LogP contribution in [0.4, 0.5) is 0 Å². The van der Waals surface area contributed by atoms with Crippen LogP contribution in [0.2, 0.25) is 0 Å². The van der Waals surface area contributed by atoms with E-state index in [0.29, 0.717) is 23.7 Å². The molecule has 4 nitrogen and oxygen atoms in total. The molecule has 4 heteroatoms. The number of benzene rings is 2. The van der Waals surface area contributed by atoms with Crippen LogP contribution in [-0.4, -0.2) is 20.2 Å². The molecular weight excluding hydrogens is 292 g/mol. The van der Waals surface area contributed by atoms with Crippen molar-refractivity contribution in [2.75, 3.05) is 14.2 Å². The zero-order valence-corrected chi connectivity index (χ0v) is 13.8. The Morgan fingerprint density at radius 1 is 1.04 bits per heavy atom. The van der Waals surface area contributed by atoms with Gasteiger partial charge in [0.15, 0.2) is 11.5 Å². The molecule has 0 saturated heterocycles. The van der Waals surface area contributed by atoms with E-state index in [-0.39, 0.29) is 11.9 Å². The Kier molecular flexibility index (Phi) is 3.99. The zero-order chi connectivity index (χ0) is 16.6. The first-order chi connectivity index (χ1) is 11.0. The van der Waals surface area contributed by atoms with Crippen molar-refractivity contribution in [2.24, 2.45) is 0 Å². The van der Waals surface area contributed by atoms with Gasteiger partial charge in [-0.3, -0.25) is 4.79 Å². The summed E-state index contributed by atoms with van der Waals surface area (Å²) in [6.07, 6.45) is 0.324. The molecule has 1 aliphatic heterocycles. The quantitative estimate of drug-likeness (QED) is 0.639. The van der Waals surface area contributed by atoms with Crippen molar-refractivity contribution in [1.82, 2.24) is 0 Å². The summed E-state index contributed by atoms with van der Waals surface area (Å²) in [6, 6.07) is 9.89. The average Bonchev–Trinajstić information content (AvgIpc) is 2.57. The van der Waals surface area contributed by atoms with Gasteiger partial charge in [-0.25, -0.2) is 0 Å². The molecular formula is C19H20O4. The SMILES string of the molecule is COc1ccc([C@@H]2CC(=O)Oc3c2ccc(C)c3C)cc1OC. The zero-order valence-electron chi connectivity index (χ0n) is 13.8. The number of rotatable bonds is 3. The molecule has 1 atom stereocenters. The van der Waals surface area contributed by atoms with Gasteiger partial charge in [0.25, 0.3) is 0 Å². The van der Waals surface area contributed by atoms with Gasteiger partial charge in [-0.1, -0.05) is 18.2 Å². The Balaban J connectivity index is 2.11. The first-order valence-electron chi connectivity index (χ1n) is 7.57. The molecule has 0 aromatic heterocycles. The molecule has 23 heavy (non-hydrogen) atoms. The lowest BCUT2D eigenvalue weighted by Crippen LogP contribution is -2.22. The van der Waals surface area contributed by atoms with Gasteiger partial charge >= 0.3 is 5.97 Å². The van der Waals surface area contributed by atoms with E-state index in [9.17, 15) is 4.79 Å². The van der Waals surface area contributed by atoms with E-state index in [2.05, 4.69) is 6.07 Å². The summed E-state index contributed by atoms with van der Waals surface area (Å²) in [5, 5.41) is 0. The normalized spacial score (nSPS) is 16.5. The average molecular weight is 312 g/mol. The van der Waals surface area contributed by atoms with Crippen molar-refractivity contribution in [3.8, 4) is 17.2 Å². The molecule has 0 fully saturated rings. The second-order valence-corrected chi connectivity index (χ2v) is 5.77. The lowest BCUT2D eigenvalue weighted by molar-refractivity contribution is -0.135. The minimum absolute atomic E-state index is 0.0367. The van der Waals surface area contributed by atoms with Crippen LogP contribution >= 0.6 is 0 Å². The maximum atomic E-state index is 12.1. The highest BCUT2D eigenvalue weighted by Gasteiger charge is 2.30. The van der Waals surface area contributed by atoms with E-state index in [1.807, 2.05) is 38.1 Å². The summed E-state index contributed by atoms with van der Waals surface area (Å²) in [5.74, 6) is 1.79. The van der Waals surface area contributed by atoms with Crippen LogP contribution in [0.25, 0.3) is 0 Å². The van der Waals surface area contributed by atoms with Gasteiger partial charge in [-0.05, 0) is 42.7 Å². The van der Waals surface area contributed by atoms with E-state index in [1.54, 1.807) is 14.2 Å². The molecule has 2 aromatic carbocycles. The fourth-order valence-corrected chi connectivity index (χ4v) is 3.02. The van der Waals surface area contributed by atoms with E-state index in [0.717, 1.165) is 22.3 Å². The van der Waals surface area contributed by atoms with Crippen molar-refractivity contribution < 1.29 is 19.0 Å². The first kappa shape index (κ1) is 15.4. The molecule has 0 bridgehead atoms. The monoisotopic (exact) mass is 312 g/mol. The molecule has 0 unspecified atom stereocenters. The Morgan fingerprint density at radius 3 is 2.48 bits per heavy atom. The lowest BCUT2D eigenvalue weighted by Gasteiger charge is -2.27. The third kappa shape index (κ3) is 2.65. The summed E-state index contributed by atoms with van der Waals surface area (Å²) >= 11 is 0. The Hall–Kier alpha value is -2.49. The number of hydrogen-bond acceptors (Lipinski definition) is 4. The number of aryl methyl sites for hydroxylation is 1. The molecule has 0 aliphatic carbocycles. The number of ether oxygens (including phenoxy) is 3. The van der Waals surface area contributed by atoms with Gasteiger partial charge in [0.1, 0.15) is 5.75 Å². The number of fused-ring (bicyclic) bond motifs is 1. The minimum atomic E-state index is -0.203. The molecule has 0 N–H and O–H groups in total. The number of esters is 1. The largest absolute Gasteiger partial charge is 0.493 e. The van der Waals surface area contributed by atoms with Crippen molar-refractivity contribution in [1.29, 1.82) is 0 Å². The number of carbonyl (C=O) groups is 1. The van der Waals surface area contributed by atoms with Crippen LogP contribution in [-0.2, 0) is 4.79 Å². The van der Waals surface area contributed by atoms with E-state index < -0.39 is 0 Å². The van der Waals surface area contributed by atoms with E-state index in [4.69, 9.17) is 14.2 Å². The lowest BCUT2D eigenvalue weighted by atomic mass is 9.84. The van der Waals surface area contributed by atoms with Gasteiger partial charge < -0.3 is 14.2 Å². The molecule has 2 aromatic rings. The number of carbonyl (C=O) groups excluding carboxylic acids is 1. The van der Waals surface area contributed by atoms with E-state index >= 15 is 0 Å². The second kappa shape index (κ2) is 5.95. The number of methoxy groups -OCH3 is 2. The second-order valence-electron chi connectivity index (χ2n) is 5.77. The summed E-state index contributed by atoms with van der Waals surface area (Å²) in [6.45, 7) is 4.00. The molecule has 1 heterocycles. The van der Waals surface area contributed by atoms with Crippen LogP contribution in [0, 0.1) is 13.8 Å². The van der Waals surface area contributed by atoms with Crippen LogP contribution in [0.15, 0.2) is 30.3 Å². The molecule has 0 saturated carbocycles. The Morgan fingerprint density at radius 2 is 1.78 bits per heavy atom. The standard InChI is InChI=1S/C19H20O4/c1-11-5-7-14-15(10-18(20)23-19(14)12(11)2)13-6-8-16(21-3)17(9-13)22-4/h5-9,15H,10H2,1-4H3/t15-/m0/s1. The highest BCUT2D eigenvalue weighted by Crippen LogP contribution is 2.43. The van der Waals surface area contributed by atoms with Crippen LogP contribution in [0.1, 0.15) is 34.6 Å². The smallest absolute Gasteiger partial charge is 0.312 e.